The minimum Gasteiger partial charge on any atom is -0.489 e. The molecule has 0 amide bonds. The van der Waals surface area contributed by atoms with E-state index < -0.39 is 6.10 Å². The largest absolute Gasteiger partial charge is 0.489 e. The van der Waals surface area contributed by atoms with Crippen molar-refractivity contribution in [3.8, 4) is 5.75 Å². The maximum atomic E-state index is 9.89. The van der Waals surface area contributed by atoms with Crippen molar-refractivity contribution in [1.29, 1.82) is 0 Å². The Balaban J connectivity index is 1.59. The Bertz CT molecular complexity index is 517. The van der Waals surface area contributed by atoms with Crippen LogP contribution in [0.2, 0.25) is 0 Å². The summed E-state index contributed by atoms with van der Waals surface area (Å²) in [5.74, 6) is 0.802. The molecule has 0 saturated carbocycles. The van der Waals surface area contributed by atoms with E-state index in [1.54, 1.807) is 0 Å². The minimum absolute atomic E-state index is 0.0314. The van der Waals surface area contributed by atoms with Crippen LogP contribution in [-0.2, 0) is 11.3 Å². The Kier molecular flexibility index (Phi) is 3.49. The molecule has 1 aliphatic rings. The second-order valence-corrected chi connectivity index (χ2v) is 4.66. The van der Waals surface area contributed by atoms with Crippen LogP contribution in [-0.4, -0.2) is 17.8 Å². The fraction of sp³-hybridized carbons (Fsp3) is 0.250. The molecule has 98 valence electrons. The third-order valence-corrected chi connectivity index (χ3v) is 3.18. The molecule has 0 unspecified atom stereocenters. The molecule has 0 spiro atoms. The molecule has 2 aromatic rings. The van der Waals surface area contributed by atoms with Gasteiger partial charge in [-0.2, -0.15) is 0 Å². The molecular weight excluding hydrogens is 240 g/mol. The molecule has 19 heavy (non-hydrogen) atoms. The first kappa shape index (κ1) is 12.2. The molecule has 0 bridgehead atoms. The third kappa shape index (κ3) is 3.13. The Hall–Kier alpha value is -1.84. The third-order valence-electron chi connectivity index (χ3n) is 3.18. The molecule has 1 fully saturated rings. The van der Waals surface area contributed by atoms with Crippen molar-refractivity contribution in [2.75, 3.05) is 6.61 Å². The van der Waals surface area contributed by atoms with Gasteiger partial charge in [0.05, 0.1) is 6.61 Å². The highest BCUT2D eigenvalue weighted by molar-refractivity contribution is 5.29. The van der Waals surface area contributed by atoms with Gasteiger partial charge in [0, 0.05) is 0 Å². The van der Waals surface area contributed by atoms with Gasteiger partial charge in [0.1, 0.15) is 24.6 Å². The van der Waals surface area contributed by atoms with Crippen LogP contribution in [0, 0.1) is 0 Å². The van der Waals surface area contributed by atoms with Gasteiger partial charge in [0.2, 0.25) is 0 Å². The normalized spacial score (nSPS) is 18.9. The molecule has 3 rings (SSSR count). The van der Waals surface area contributed by atoms with Crippen LogP contribution in [0.3, 0.4) is 0 Å². The van der Waals surface area contributed by atoms with Crippen LogP contribution >= 0.6 is 0 Å². The molecule has 0 aromatic heterocycles. The monoisotopic (exact) mass is 256 g/mol. The van der Waals surface area contributed by atoms with Crippen molar-refractivity contribution in [3.05, 3.63) is 65.7 Å². The standard InChI is InChI=1S/C16H16O3/c17-16(15-11-19-15)13-6-8-14(9-7-13)18-10-12-4-2-1-3-5-12/h1-9,15-17H,10-11H2/t15-,16+/m1/s1. The number of benzene rings is 2. The van der Waals surface area contributed by atoms with E-state index >= 15 is 0 Å². The summed E-state index contributed by atoms with van der Waals surface area (Å²) in [7, 11) is 0. The van der Waals surface area contributed by atoms with Gasteiger partial charge in [0.15, 0.2) is 0 Å². The summed E-state index contributed by atoms with van der Waals surface area (Å²) < 4.78 is 10.8. The van der Waals surface area contributed by atoms with Gasteiger partial charge in [-0.1, -0.05) is 42.5 Å². The van der Waals surface area contributed by atoms with Gasteiger partial charge in [-0.25, -0.2) is 0 Å². The van der Waals surface area contributed by atoms with Crippen molar-refractivity contribution in [2.45, 2.75) is 18.8 Å². The molecule has 1 aliphatic heterocycles. The predicted octanol–water partition coefficient (Wildman–Crippen LogP) is 2.70. The number of hydrogen-bond acceptors (Lipinski definition) is 3. The summed E-state index contributed by atoms with van der Waals surface area (Å²) in [6.45, 7) is 1.20. The number of aliphatic hydroxyl groups excluding tert-OH is 1. The maximum Gasteiger partial charge on any atom is 0.119 e. The summed E-state index contributed by atoms with van der Waals surface area (Å²) in [6, 6.07) is 17.6. The van der Waals surface area contributed by atoms with E-state index in [0.717, 1.165) is 16.9 Å². The average molecular weight is 256 g/mol. The summed E-state index contributed by atoms with van der Waals surface area (Å²) in [6.07, 6.45) is -0.556. The van der Waals surface area contributed by atoms with Crippen molar-refractivity contribution in [1.82, 2.24) is 0 Å². The highest BCUT2D eigenvalue weighted by Gasteiger charge is 2.32. The molecule has 2 aromatic carbocycles. The molecule has 1 heterocycles. The van der Waals surface area contributed by atoms with E-state index in [2.05, 4.69) is 0 Å². The van der Waals surface area contributed by atoms with Crippen LogP contribution in [0.25, 0.3) is 0 Å². The molecule has 2 atom stereocenters. The Morgan fingerprint density at radius 2 is 1.79 bits per heavy atom. The lowest BCUT2D eigenvalue weighted by molar-refractivity contribution is 0.137. The molecule has 3 heteroatoms. The van der Waals surface area contributed by atoms with Crippen molar-refractivity contribution in [2.24, 2.45) is 0 Å². The quantitative estimate of drug-likeness (QED) is 0.836. The SMILES string of the molecule is O[C@@H](c1ccc(OCc2ccccc2)cc1)[C@H]1CO1. The van der Waals surface area contributed by atoms with E-state index in [0.29, 0.717) is 13.2 Å². The number of epoxide rings is 1. The van der Waals surface area contributed by atoms with E-state index in [4.69, 9.17) is 9.47 Å². The maximum absolute atomic E-state index is 9.89. The van der Waals surface area contributed by atoms with E-state index in [1.807, 2.05) is 54.6 Å². The first-order chi connectivity index (χ1) is 9.33. The Morgan fingerprint density at radius 1 is 1.11 bits per heavy atom. The lowest BCUT2D eigenvalue weighted by Gasteiger charge is -2.10. The molecular formula is C16H16O3. The number of ether oxygens (including phenoxy) is 2. The van der Waals surface area contributed by atoms with Crippen LogP contribution < -0.4 is 4.74 Å². The highest BCUT2D eigenvalue weighted by atomic mass is 16.6. The summed E-state index contributed by atoms with van der Waals surface area (Å²) in [5, 5.41) is 9.89. The number of rotatable bonds is 5. The summed E-state index contributed by atoms with van der Waals surface area (Å²) >= 11 is 0. The molecule has 3 nitrogen and oxygen atoms in total. The smallest absolute Gasteiger partial charge is 0.119 e. The number of hydrogen-bond donors (Lipinski definition) is 1. The molecule has 1 saturated heterocycles. The topological polar surface area (TPSA) is 42.0 Å². The van der Waals surface area contributed by atoms with E-state index in [-0.39, 0.29) is 6.10 Å². The van der Waals surface area contributed by atoms with Crippen LogP contribution in [0.1, 0.15) is 17.2 Å². The average Bonchev–Trinajstić information content (AvgIpc) is 3.31. The fourth-order valence-electron chi connectivity index (χ4n) is 1.95. The van der Waals surface area contributed by atoms with E-state index in [9.17, 15) is 5.11 Å². The van der Waals surface area contributed by atoms with Crippen molar-refractivity contribution < 1.29 is 14.6 Å². The predicted molar refractivity (Wildman–Crippen MR) is 71.9 cm³/mol. The lowest BCUT2D eigenvalue weighted by Crippen LogP contribution is -2.04. The second-order valence-electron chi connectivity index (χ2n) is 4.66. The van der Waals surface area contributed by atoms with Crippen LogP contribution in [0.4, 0.5) is 0 Å². The molecule has 0 aliphatic carbocycles. The fourth-order valence-corrected chi connectivity index (χ4v) is 1.95. The van der Waals surface area contributed by atoms with Crippen LogP contribution in [0.15, 0.2) is 54.6 Å². The zero-order valence-corrected chi connectivity index (χ0v) is 10.5. The first-order valence-corrected chi connectivity index (χ1v) is 6.39. The summed E-state index contributed by atoms with van der Waals surface area (Å²) in [5.41, 5.74) is 2.01. The minimum atomic E-state index is -0.525. The van der Waals surface area contributed by atoms with Crippen molar-refractivity contribution >= 4 is 0 Å². The Morgan fingerprint density at radius 3 is 2.42 bits per heavy atom. The van der Waals surface area contributed by atoms with Gasteiger partial charge < -0.3 is 14.6 Å². The summed E-state index contributed by atoms with van der Waals surface area (Å²) in [4.78, 5) is 0. The van der Waals surface area contributed by atoms with Gasteiger partial charge in [0.25, 0.3) is 0 Å². The first-order valence-electron chi connectivity index (χ1n) is 6.39. The van der Waals surface area contributed by atoms with Crippen molar-refractivity contribution in [3.63, 3.8) is 0 Å². The second kappa shape index (κ2) is 5.43. The zero-order valence-electron chi connectivity index (χ0n) is 10.5. The molecule has 0 radical (unpaired) electrons. The zero-order chi connectivity index (χ0) is 13.1. The van der Waals surface area contributed by atoms with Gasteiger partial charge in [-0.3, -0.25) is 0 Å². The Labute approximate surface area is 112 Å². The van der Waals surface area contributed by atoms with Gasteiger partial charge in [-0.15, -0.1) is 0 Å². The van der Waals surface area contributed by atoms with Gasteiger partial charge >= 0.3 is 0 Å². The lowest BCUT2D eigenvalue weighted by atomic mass is 10.1. The van der Waals surface area contributed by atoms with E-state index in [1.165, 1.54) is 0 Å². The highest BCUT2D eigenvalue weighted by Crippen LogP contribution is 2.28. The molecule has 1 N–H and O–H groups in total. The van der Waals surface area contributed by atoms with Gasteiger partial charge in [-0.05, 0) is 23.3 Å². The van der Waals surface area contributed by atoms with Crippen LogP contribution in [0.5, 0.6) is 5.75 Å². The number of aliphatic hydroxyl groups is 1.